The molecule has 1 aromatic rings. The van der Waals surface area contributed by atoms with Gasteiger partial charge < -0.3 is 10.9 Å². The summed E-state index contributed by atoms with van der Waals surface area (Å²) in [7, 11) is 0. The fraction of sp³-hybridized carbons (Fsp3) is 0.385. The van der Waals surface area contributed by atoms with Gasteiger partial charge in [-0.15, -0.1) is 0 Å². The molecule has 0 bridgehead atoms. The molecule has 0 saturated heterocycles. The van der Waals surface area contributed by atoms with Gasteiger partial charge in [0.05, 0.1) is 5.90 Å². The Balaban J connectivity index is 3.44. The van der Waals surface area contributed by atoms with Crippen LogP contribution >= 0.6 is 0 Å². The zero-order chi connectivity index (χ0) is 13.0. The molecule has 17 heavy (non-hydrogen) atoms. The highest BCUT2D eigenvalue weighted by Crippen LogP contribution is 2.20. The number of carbonyl (C=O) groups is 1. The van der Waals surface area contributed by atoms with Gasteiger partial charge in [-0.1, -0.05) is 31.5 Å². The van der Waals surface area contributed by atoms with E-state index in [1.54, 1.807) is 0 Å². The molecule has 0 radical (unpaired) electrons. The van der Waals surface area contributed by atoms with E-state index in [-0.39, 0.29) is 0 Å². The monoisotopic (exact) mass is 233 g/mol. The van der Waals surface area contributed by atoms with E-state index in [0.717, 1.165) is 16.7 Å². The minimum atomic E-state index is -0.891. The second-order valence-corrected chi connectivity index (χ2v) is 3.93. The van der Waals surface area contributed by atoms with E-state index < -0.39 is 11.7 Å². The fourth-order valence-corrected chi connectivity index (χ4v) is 1.96. The lowest BCUT2D eigenvalue weighted by Crippen LogP contribution is -2.31. The molecule has 4 nitrogen and oxygen atoms in total. The van der Waals surface area contributed by atoms with Crippen LogP contribution in [0, 0.1) is 6.92 Å². The van der Waals surface area contributed by atoms with Gasteiger partial charge in [0.15, 0.2) is 5.78 Å². The number of ketones is 1. The summed E-state index contributed by atoms with van der Waals surface area (Å²) in [6.45, 7) is 5.88. The lowest BCUT2D eigenvalue weighted by Gasteiger charge is -2.16. The fourth-order valence-electron chi connectivity index (χ4n) is 1.96. The van der Waals surface area contributed by atoms with Gasteiger partial charge in [-0.05, 0) is 30.9 Å². The number of hydrogen-bond acceptors (Lipinski definition) is 4. The number of hydrogen-bond donors (Lipinski definition) is 1. The van der Waals surface area contributed by atoms with Gasteiger partial charge in [0.25, 0.3) is 0 Å². The van der Waals surface area contributed by atoms with Crippen molar-refractivity contribution in [2.75, 3.05) is 0 Å². The van der Waals surface area contributed by atoms with Gasteiger partial charge in [-0.2, -0.15) is 5.10 Å². The summed E-state index contributed by atoms with van der Waals surface area (Å²) in [6.07, 6.45) is 1.40. The van der Waals surface area contributed by atoms with Crippen molar-refractivity contribution in [3.05, 3.63) is 34.4 Å². The van der Waals surface area contributed by atoms with E-state index in [9.17, 15) is 9.90 Å². The molecule has 0 atom stereocenters. The zero-order valence-electron chi connectivity index (χ0n) is 10.4. The Labute approximate surface area is 101 Å². The van der Waals surface area contributed by atoms with Crippen molar-refractivity contribution in [2.24, 2.45) is 10.9 Å². The maximum atomic E-state index is 11.9. The maximum Gasteiger partial charge on any atom is 0.198 e. The van der Waals surface area contributed by atoms with Crippen molar-refractivity contribution in [3.8, 4) is 0 Å². The van der Waals surface area contributed by atoms with Gasteiger partial charge >= 0.3 is 0 Å². The Hall–Kier alpha value is -1.84. The SMILES string of the molecule is CCc1cc(C)cc(CC)c1C(=O)C([O-])=NN. The first-order chi connectivity index (χ1) is 8.04. The average molecular weight is 233 g/mol. The van der Waals surface area contributed by atoms with Crippen molar-refractivity contribution < 1.29 is 9.90 Å². The summed E-state index contributed by atoms with van der Waals surface area (Å²) in [5.41, 5.74) is 3.32. The molecule has 2 N–H and O–H groups in total. The summed E-state index contributed by atoms with van der Waals surface area (Å²) in [5.74, 6) is 3.38. The van der Waals surface area contributed by atoms with E-state index in [2.05, 4.69) is 5.10 Å². The summed E-state index contributed by atoms with van der Waals surface area (Å²) < 4.78 is 0. The Morgan fingerprint density at radius 2 is 1.76 bits per heavy atom. The Morgan fingerprint density at radius 3 is 2.12 bits per heavy atom. The van der Waals surface area contributed by atoms with Gasteiger partial charge in [0.1, 0.15) is 0 Å². The first-order valence-corrected chi connectivity index (χ1v) is 5.67. The quantitative estimate of drug-likeness (QED) is 0.276. The second-order valence-electron chi connectivity index (χ2n) is 3.93. The van der Waals surface area contributed by atoms with Gasteiger partial charge in [-0.25, -0.2) is 0 Å². The van der Waals surface area contributed by atoms with E-state index in [4.69, 9.17) is 5.84 Å². The van der Waals surface area contributed by atoms with Crippen LogP contribution in [0.3, 0.4) is 0 Å². The van der Waals surface area contributed by atoms with Crippen molar-refractivity contribution >= 4 is 11.7 Å². The molecule has 0 aromatic heterocycles. The van der Waals surface area contributed by atoms with E-state index in [0.29, 0.717) is 18.4 Å². The molecule has 0 aliphatic rings. The molecule has 0 heterocycles. The first-order valence-electron chi connectivity index (χ1n) is 5.67. The van der Waals surface area contributed by atoms with Crippen LogP contribution in [0.2, 0.25) is 0 Å². The minimum Gasteiger partial charge on any atom is -0.855 e. The van der Waals surface area contributed by atoms with E-state index in [1.165, 1.54) is 0 Å². The number of nitrogens with zero attached hydrogens (tertiary/aromatic N) is 1. The molecule has 0 amide bonds. The predicted molar refractivity (Wildman–Crippen MR) is 65.9 cm³/mol. The number of carbonyl (C=O) groups excluding carboxylic acids is 1. The number of benzene rings is 1. The Morgan fingerprint density at radius 1 is 1.29 bits per heavy atom. The minimum absolute atomic E-state index is 0.472. The number of aryl methyl sites for hydroxylation is 3. The molecule has 0 saturated carbocycles. The smallest absolute Gasteiger partial charge is 0.198 e. The van der Waals surface area contributed by atoms with Crippen molar-refractivity contribution in [3.63, 3.8) is 0 Å². The lowest BCUT2D eigenvalue weighted by atomic mass is 9.92. The molecule has 0 spiro atoms. The van der Waals surface area contributed by atoms with E-state index >= 15 is 0 Å². The molecule has 1 aromatic carbocycles. The summed E-state index contributed by atoms with van der Waals surface area (Å²) >= 11 is 0. The highest BCUT2D eigenvalue weighted by atomic mass is 16.3. The number of hydrazone groups is 1. The van der Waals surface area contributed by atoms with Crippen LogP contribution in [-0.2, 0) is 12.8 Å². The molecular formula is C13H17N2O2-. The molecule has 0 aliphatic heterocycles. The maximum absolute atomic E-state index is 11.9. The molecule has 0 aliphatic carbocycles. The average Bonchev–Trinajstić information content (AvgIpc) is 2.35. The van der Waals surface area contributed by atoms with Crippen molar-refractivity contribution in [1.82, 2.24) is 0 Å². The summed E-state index contributed by atoms with van der Waals surface area (Å²) in [4.78, 5) is 11.9. The van der Waals surface area contributed by atoms with Gasteiger partial charge in [0.2, 0.25) is 0 Å². The zero-order valence-corrected chi connectivity index (χ0v) is 10.4. The first kappa shape index (κ1) is 13.2. The Bertz CT molecular complexity index is 439. The topological polar surface area (TPSA) is 78.5 Å². The molecule has 4 heteroatoms. The summed E-state index contributed by atoms with van der Waals surface area (Å²) in [5, 5.41) is 14.2. The number of nitrogens with two attached hydrogens (primary N) is 1. The molecule has 0 fully saturated rings. The van der Waals surface area contributed by atoms with E-state index in [1.807, 2.05) is 32.9 Å². The highest BCUT2D eigenvalue weighted by Gasteiger charge is 2.15. The van der Waals surface area contributed by atoms with Gasteiger partial charge in [-0.3, -0.25) is 4.79 Å². The normalized spacial score (nSPS) is 11.6. The highest BCUT2D eigenvalue weighted by molar-refractivity contribution is 6.41. The van der Waals surface area contributed by atoms with Crippen LogP contribution in [0.4, 0.5) is 0 Å². The molecule has 92 valence electrons. The van der Waals surface area contributed by atoms with Crippen LogP contribution in [-0.4, -0.2) is 11.7 Å². The number of Topliss-reactive ketones (excluding diaryl/α,β-unsaturated/α-hetero) is 1. The Kier molecular flexibility index (Phi) is 4.26. The van der Waals surface area contributed by atoms with Gasteiger partial charge in [0, 0.05) is 5.56 Å². The predicted octanol–water partition coefficient (Wildman–Crippen LogP) is 0.935. The van der Waals surface area contributed by atoms with Crippen LogP contribution in [0.5, 0.6) is 0 Å². The molecule has 0 unspecified atom stereocenters. The van der Waals surface area contributed by atoms with Crippen LogP contribution in [0.1, 0.15) is 40.9 Å². The third kappa shape index (κ3) is 2.64. The number of rotatable bonds is 4. The third-order valence-electron chi connectivity index (χ3n) is 2.75. The molecule has 1 rings (SSSR count). The second kappa shape index (κ2) is 5.48. The lowest BCUT2D eigenvalue weighted by molar-refractivity contribution is -0.211. The third-order valence-corrected chi connectivity index (χ3v) is 2.75. The van der Waals surface area contributed by atoms with Crippen molar-refractivity contribution in [2.45, 2.75) is 33.6 Å². The van der Waals surface area contributed by atoms with Crippen molar-refractivity contribution in [1.29, 1.82) is 0 Å². The van der Waals surface area contributed by atoms with Crippen LogP contribution in [0.25, 0.3) is 0 Å². The summed E-state index contributed by atoms with van der Waals surface area (Å²) in [6, 6.07) is 3.85. The van der Waals surface area contributed by atoms with Crippen LogP contribution in [0.15, 0.2) is 17.2 Å². The standard InChI is InChI=1S/C13H18N2O2/c1-4-9-6-8(3)7-10(5-2)11(9)12(16)13(17)15-14/h6-7H,4-5,14H2,1-3H3,(H,15,17)/p-1. The van der Waals surface area contributed by atoms with Crippen LogP contribution < -0.4 is 10.9 Å². The molecular weight excluding hydrogens is 216 g/mol. The largest absolute Gasteiger partial charge is 0.855 e.